The van der Waals surface area contributed by atoms with Crippen LogP contribution in [0.3, 0.4) is 0 Å². The monoisotopic (exact) mass is 287 g/mol. The first kappa shape index (κ1) is 16.0. The van der Waals surface area contributed by atoms with Crippen LogP contribution in [0.4, 0.5) is 25.3 Å². The average molecular weight is 287 g/mol. The number of rotatable bonds is 5. The highest BCUT2D eigenvalue weighted by Crippen LogP contribution is 2.67. The molecule has 11 heteroatoms. The second-order valence-corrected chi connectivity index (χ2v) is 5.07. The molecular formula is C6H7F6NO3S. The number of carbonyl (C=O) groups is 2. The Bertz CT molecular complexity index is 343. The van der Waals surface area contributed by atoms with Crippen molar-refractivity contribution in [2.75, 3.05) is 6.26 Å². The average Bonchev–Trinajstić information content (AvgIpc) is 2.13. The molecule has 0 aliphatic carbocycles. The Balaban J connectivity index is 5.86. The minimum atomic E-state index is -6.17. The van der Waals surface area contributed by atoms with Gasteiger partial charge < -0.3 is 15.6 Å². The molecule has 0 aliphatic heterocycles. The van der Waals surface area contributed by atoms with Gasteiger partial charge in [-0.3, -0.25) is 0 Å². The van der Waals surface area contributed by atoms with E-state index in [1.54, 1.807) is 0 Å². The molecule has 0 aromatic heterocycles. The predicted octanol–water partition coefficient (Wildman–Crippen LogP) is 1.40. The van der Waals surface area contributed by atoms with E-state index in [0.29, 0.717) is 0 Å². The Morgan fingerprint density at radius 1 is 1.29 bits per heavy atom. The summed E-state index contributed by atoms with van der Waals surface area (Å²) in [6.45, 7) is 0. The van der Waals surface area contributed by atoms with Crippen LogP contribution in [0, 0.1) is 0 Å². The first-order valence-electron chi connectivity index (χ1n) is 3.67. The van der Waals surface area contributed by atoms with Crippen LogP contribution in [-0.4, -0.2) is 40.3 Å². The maximum Gasteiger partial charge on any atom is 0.392 e. The zero-order valence-corrected chi connectivity index (χ0v) is 8.91. The van der Waals surface area contributed by atoms with Gasteiger partial charge in [-0.15, -0.1) is 0 Å². The van der Waals surface area contributed by atoms with Crippen LogP contribution in [0.5, 0.6) is 0 Å². The fraction of sp³-hybridized carbons (Fsp3) is 0.667. The molecular weight excluding hydrogens is 280 g/mol. The van der Waals surface area contributed by atoms with E-state index >= 15 is 0 Å². The molecule has 0 rings (SSSR count). The van der Waals surface area contributed by atoms with Crippen LogP contribution >= 0.6 is 10.8 Å². The number of nitrogens with two attached hydrogens (primary N) is 1. The molecule has 0 spiro atoms. The van der Waals surface area contributed by atoms with E-state index in [2.05, 4.69) is 5.73 Å². The minimum Gasteiger partial charge on any atom is -0.479 e. The fourth-order valence-corrected chi connectivity index (χ4v) is 1.34. The second-order valence-electron chi connectivity index (χ2n) is 3.11. The second kappa shape index (κ2) is 4.05. The highest BCUT2D eigenvalue weighted by atomic mass is 32.3. The highest BCUT2D eigenvalue weighted by molar-refractivity contribution is 8.25. The van der Waals surface area contributed by atoms with Crippen molar-refractivity contribution < 1.29 is 40.0 Å². The lowest BCUT2D eigenvalue weighted by Crippen LogP contribution is -2.69. The Kier molecular flexibility index (Phi) is 3.82. The van der Waals surface area contributed by atoms with E-state index in [-0.39, 0.29) is 0 Å². The lowest BCUT2D eigenvalue weighted by molar-refractivity contribution is -0.205. The topological polar surface area (TPSA) is 80.4 Å². The number of carboxylic acids is 1. The number of alkyl halides is 4. The molecule has 0 fully saturated rings. The number of carbonyl (C=O) groups excluding carboxylic acids is 1. The van der Waals surface area contributed by atoms with Crippen LogP contribution < -0.4 is 5.73 Å². The molecule has 4 nitrogen and oxygen atoms in total. The van der Waals surface area contributed by atoms with Crippen molar-refractivity contribution in [3.05, 3.63) is 0 Å². The molecule has 0 aliphatic rings. The number of hydrogen-bond acceptors (Lipinski definition) is 3. The summed E-state index contributed by atoms with van der Waals surface area (Å²) in [5, 5.41) is 2.17. The van der Waals surface area contributed by atoms with Crippen LogP contribution in [-0.2, 0) is 9.59 Å². The summed E-state index contributed by atoms with van der Waals surface area (Å²) < 4.78 is 76.5. The normalized spacial score (nSPS) is 18.4. The summed E-state index contributed by atoms with van der Waals surface area (Å²) in [5.74, 6) is -8.76. The number of aldehydes is 1. The van der Waals surface area contributed by atoms with Crippen LogP contribution in [0.2, 0.25) is 0 Å². The predicted molar refractivity (Wildman–Crippen MR) is 46.2 cm³/mol. The van der Waals surface area contributed by atoms with Gasteiger partial charge in [-0.25, -0.2) is 4.79 Å². The number of carboxylic acid groups (broad SMARTS) is 1. The first-order valence-corrected chi connectivity index (χ1v) is 5.51. The first-order chi connectivity index (χ1) is 7.25. The molecule has 0 saturated heterocycles. The smallest absolute Gasteiger partial charge is 0.392 e. The highest BCUT2D eigenvalue weighted by Gasteiger charge is 2.77. The van der Waals surface area contributed by atoms with Gasteiger partial charge in [0.25, 0.3) is 0 Å². The Morgan fingerprint density at radius 2 is 1.65 bits per heavy atom. The van der Waals surface area contributed by atoms with Crippen molar-refractivity contribution in [2.45, 2.75) is 16.7 Å². The third-order valence-corrected chi connectivity index (χ3v) is 3.03. The molecule has 3 N–H and O–H groups in total. The number of aliphatic carboxylic acids is 1. The van der Waals surface area contributed by atoms with Crippen molar-refractivity contribution in [2.24, 2.45) is 5.73 Å². The van der Waals surface area contributed by atoms with Gasteiger partial charge in [-0.1, -0.05) is 0 Å². The standard InChI is InChI=1S/C6H7F6NO3S/c1-17(11,12)6(9,10)5(7,8)4(13,2-14)3(15)16/h2H,13H2,1H3,(H,15,16). The number of hydrogen-bond donors (Lipinski definition) is 2. The van der Waals surface area contributed by atoms with E-state index in [1.807, 2.05) is 0 Å². The van der Waals surface area contributed by atoms with E-state index < -0.39 is 46.0 Å². The van der Waals surface area contributed by atoms with E-state index in [0.717, 1.165) is 0 Å². The zero-order chi connectivity index (χ0) is 14.3. The largest absolute Gasteiger partial charge is 0.479 e. The lowest BCUT2D eigenvalue weighted by Gasteiger charge is -2.38. The molecule has 1 unspecified atom stereocenters. The Hall–Kier alpha value is -0.970. The van der Waals surface area contributed by atoms with Gasteiger partial charge in [0.15, 0.2) is 6.29 Å². The summed E-state index contributed by atoms with van der Waals surface area (Å²) in [7, 11) is -6.17. The maximum atomic E-state index is 13.1. The molecule has 0 radical (unpaired) electrons. The summed E-state index contributed by atoms with van der Waals surface area (Å²) in [5.41, 5.74) is -0.145. The van der Waals surface area contributed by atoms with Crippen molar-refractivity contribution in [3.63, 3.8) is 0 Å². The van der Waals surface area contributed by atoms with E-state index in [4.69, 9.17) is 5.11 Å². The molecule has 17 heavy (non-hydrogen) atoms. The third kappa shape index (κ3) is 2.08. The quantitative estimate of drug-likeness (QED) is 0.455. The van der Waals surface area contributed by atoms with Gasteiger partial charge in [-0.2, -0.15) is 25.3 Å². The Labute approximate surface area is 92.7 Å². The summed E-state index contributed by atoms with van der Waals surface area (Å²) in [4.78, 5) is 20.4. The van der Waals surface area contributed by atoms with Crippen molar-refractivity contribution in [1.82, 2.24) is 0 Å². The van der Waals surface area contributed by atoms with Crippen LogP contribution in [0.1, 0.15) is 0 Å². The van der Waals surface area contributed by atoms with Gasteiger partial charge >= 0.3 is 17.1 Å². The molecule has 1 atom stereocenters. The molecule has 0 saturated carbocycles. The Morgan fingerprint density at radius 3 is 1.82 bits per heavy atom. The maximum absolute atomic E-state index is 13.1. The third-order valence-electron chi connectivity index (χ3n) is 1.88. The molecule has 0 aromatic carbocycles. The summed E-state index contributed by atoms with van der Waals surface area (Å²) >= 11 is 0. The number of halogens is 6. The molecule has 0 heterocycles. The fourth-order valence-electron chi connectivity index (χ4n) is 0.725. The van der Waals surface area contributed by atoms with E-state index in [9.17, 15) is 34.9 Å². The van der Waals surface area contributed by atoms with Crippen molar-refractivity contribution in [3.8, 4) is 0 Å². The van der Waals surface area contributed by atoms with E-state index in [1.165, 1.54) is 0 Å². The van der Waals surface area contributed by atoms with Gasteiger partial charge in [0.05, 0.1) is 0 Å². The van der Waals surface area contributed by atoms with Crippen LogP contribution in [0.25, 0.3) is 0 Å². The lowest BCUT2D eigenvalue weighted by atomic mass is 9.94. The van der Waals surface area contributed by atoms with Crippen molar-refractivity contribution >= 4 is 23.1 Å². The molecule has 102 valence electrons. The molecule has 0 bridgehead atoms. The zero-order valence-electron chi connectivity index (χ0n) is 8.09. The van der Waals surface area contributed by atoms with Gasteiger partial charge in [0, 0.05) is 6.26 Å². The van der Waals surface area contributed by atoms with Gasteiger partial charge in [0.2, 0.25) is 5.54 Å². The van der Waals surface area contributed by atoms with Gasteiger partial charge in [0.1, 0.15) is 10.8 Å². The molecule has 0 aromatic rings. The SMILES string of the molecule is CS(F)(F)C(F)(F)C(F)(F)C(N)(C=O)C(=O)O. The summed E-state index contributed by atoms with van der Waals surface area (Å²) in [6.07, 6.45) is -1.66. The minimum absolute atomic E-state index is 0.464. The molecule has 0 amide bonds. The summed E-state index contributed by atoms with van der Waals surface area (Å²) in [6, 6.07) is 0. The van der Waals surface area contributed by atoms with Crippen molar-refractivity contribution in [1.29, 1.82) is 0 Å². The van der Waals surface area contributed by atoms with Crippen LogP contribution in [0.15, 0.2) is 0 Å². The van der Waals surface area contributed by atoms with Gasteiger partial charge in [-0.05, 0) is 0 Å².